The van der Waals surface area contributed by atoms with Crippen molar-refractivity contribution in [3.8, 4) is 11.3 Å². The van der Waals surface area contributed by atoms with Crippen LogP contribution >= 0.6 is 0 Å². The van der Waals surface area contributed by atoms with Crippen molar-refractivity contribution in [2.45, 2.75) is 12.8 Å². The van der Waals surface area contributed by atoms with E-state index >= 15 is 0 Å². The molecule has 1 heterocycles. The summed E-state index contributed by atoms with van der Waals surface area (Å²) in [6, 6.07) is 16.1. The minimum atomic E-state index is -1.30. The van der Waals surface area contributed by atoms with Gasteiger partial charge in [-0.25, -0.2) is 8.78 Å². The Bertz CT molecular complexity index is 920. The molecule has 2 N–H and O–H groups in total. The number of carbonyl (C=O) groups excluding carboxylic acids is 1. The van der Waals surface area contributed by atoms with Gasteiger partial charge in [0, 0.05) is 11.1 Å². The molecule has 3 nitrogen and oxygen atoms in total. The van der Waals surface area contributed by atoms with Crippen molar-refractivity contribution in [1.82, 2.24) is 4.98 Å². The molecule has 1 amide bonds. The van der Waals surface area contributed by atoms with Crippen LogP contribution in [0.2, 0.25) is 0 Å². The molecule has 0 spiro atoms. The number of aryl methyl sites for hydroxylation is 1. The first kappa shape index (κ1) is 16.8. The molecular weight excluding hydrogens is 322 g/mol. The predicted molar refractivity (Wildman–Crippen MR) is 91.8 cm³/mol. The number of rotatable bonds is 4. The van der Waals surface area contributed by atoms with Crippen molar-refractivity contribution in [3.63, 3.8) is 0 Å². The lowest BCUT2D eigenvalue weighted by molar-refractivity contribution is -0.118. The molecule has 0 aliphatic rings. The highest BCUT2D eigenvalue weighted by Gasteiger charge is 2.28. The highest BCUT2D eigenvalue weighted by molar-refractivity contribution is 5.85. The van der Waals surface area contributed by atoms with Gasteiger partial charge in [0.2, 0.25) is 5.91 Å². The van der Waals surface area contributed by atoms with Crippen LogP contribution in [-0.4, -0.2) is 10.9 Å². The molecular formula is C20H16F2N2O. The lowest BCUT2D eigenvalue weighted by Gasteiger charge is -2.16. The topological polar surface area (TPSA) is 56.0 Å². The van der Waals surface area contributed by atoms with E-state index in [0.717, 1.165) is 23.3 Å². The van der Waals surface area contributed by atoms with Crippen molar-refractivity contribution in [2.24, 2.45) is 5.73 Å². The molecule has 1 aromatic heterocycles. The van der Waals surface area contributed by atoms with Gasteiger partial charge >= 0.3 is 0 Å². The highest BCUT2D eigenvalue weighted by Crippen LogP contribution is 2.30. The Labute approximate surface area is 144 Å². The van der Waals surface area contributed by atoms with Crippen LogP contribution in [0.25, 0.3) is 11.3 Å². The van der Waals surface area contributed by atoms with E-state index in [2.05, 4.69) is 4.98 Å². The quantitative estimate of drug-likeness (QED) is 0.783. The zero-order valence-corrected chi connectivity index (χ0v) is 13.5. The number of carbonyl (C=O) groups is 1. The number of amides is 1. The second kappa shape index (κ2) is 6.81. The Morgan fingerprint density at radius 1 is 0.960 bits per heavy atom. The number of nitrogens with two attached hydrogens (primary N) is 1. The minimum absolute atomic E-state index is 0.206. The fourth-order valence-corrected chi connectivity index (χ4v) is 2.84. The van der Waals surface area contributed by atoms with E-state index in [1.165, 1.54) is 6.07 Å². The van der Waals surface area contributed by atoms with Gasteiger partial charge in [0.05, 0.1) is 11.4 Å². The van der Waals surface area contributed by atoms with E-state index in [9.17, 15) is 13.6 Å². The molecule has 0 fully saturated rings. The van der Waals surface area contributed by atoms with Crippen molar-refractivity contribution in [1.29, 1.82) is 0 Å². The number of halogens is 2. The van der Waals surface area contributed by atoms with E-state index < -0.39 is 23.5 Å². The fourth-order valence-electron chi connectivity index (χ4n) is 2.84. The second-order valence-electron chi connectivity index (χ2n) is 5.73. The minimum Gasteiger partial charge on any atom is -0.369 e. The molecule has 0 saturated carbocycles. The summed E-state index contributed by atoms with van der Waals surface area (Å²) in [7, 11) is 0. The third-order valence-corrected chi connectivity index (χ3v) is 4.06. The first-order chi connectivity index (χ1) is 12.0. The van der Waals surface area contributed by atoms with Gasteiger partial charge in [-0.3, -0.25) is 9.78 Å². The molecule has 1 atom stereocenters. The lowest BCUT2D eigenvalue weighted by Crippen LogP contribution is -2.25. The number of hydrogen-bond acceptors (Lipinski definition) is 2. The Morgan fingerprint density at radius 3 is 2.24 bits per heavy atom. The van der Waals surface area contributed by atoms with Crippen LogP contribution in [0, 0.1) is 18.6 Å². The lowest BCUT2D eigenvalue weighted by atomic mass is 9.93. The third-order valence-electron chi connectivity index (χ3n) is 4.06. The predicted octanol–water partition coefficient (Wildman–Crippen LogP) is 3.95. The largest absolute Gasteiger partial charge is 0.369 e. The summed E-state index contributed by atoms with van der Waals surface area (Å²) in [6.45, 7) is 1.94. The van der Waals surface area contributed by atoms with Gasteiger partial charge in [-0.05, 0) is 36.8 Å². The Balaban J connectivity index is 2.15. The van der Waals surface area contributed by atoms with Crippen LogP contribution in [0.3, 0.4) is 0 Å². The summed E-state index contributed by atoms with van der Waals surface area (Å²) in [5.41, 5.74) is 7.75. The van der Waals surface area contributed by atoms with Gasteiger partial charge in [-0.15, -0.1) is 0 Å². The van der Waals surface area contributed by atoms with Crippen LogP contribution in [-0.2, 0) is 4.79 Å². The molecule has 25 heavy (non-hydrogen) atoms. The van der Waals surface area contributed by atoms with Gasteiger partial charge in [0.25, 0.3) is 0 Å². The van der Waals surface area contributed by atoms with Gasteiger partial charge in [-0.2, -0.15) is 0 Å². The average molecular weight is 338 g/mol. The summed E-state index contributed by atoms with van der Waals surface area (Å²) in [5.74, 6) is -3.82. The van der Waals surface area contributed by atoms with Crippen molar-refractivity contribution in [3.05, 3.63) is 89.1 Å². The van der Waals surface area contributed by atoms with Crippen LogP contribution in [0.1, 0.15) is 22.7 Å². The first-order valence-electron chi connectivity index (χ1n) is 7.75. The number of primary amides is 1. The normalized spacial score (nSPS) is 12.0. The summed E-state index contributed by atoms with van der Waals surface area (Å²) in [5, 5.41) is 0. The van der Waals surface area contributed by atoms with E-state index in [1.807, 2.05) is 31.2 Å². The van der Waals surface area contributed by atoms with Gasteiger partial charge in [0.15, 0.2) is 0 Å². The molecule has 0 aliphatic heterocycles. The number of nitrogens with zero attached hydrogens (tertiary/aromatic N) is 1. The Kier molecular flexibility index (Phi) is 4.57. The fraction of sp³-hybridized carbons (Fsp3) is 0.100. The van der Waals surface area contributed by atoms with E-state index in [-0.39, 0.29) is 11.3 Å². The summed E-state index contributed by atoms with van der Waals surface area (Å²) < 4.78 is 28.3. The number of benzene rings is 2. The standard InChI is InChI=1S/C20H16F2N2O/c1-12-6-2-3-7-13(12)16-10-5-11-17(24-16)19(20(23)25)18-14(21)8-4-9-15(18)22/h2-11,19H,1H3,(H2,23,25). The molecule has 5 heteroatoms. The zero-order valence-electron chi connectivity index (χ0n) is 13.5. The molecule has 3 aromatic rings. The maximum absolute atomic E-state index is 14.2. The maximum atomic E-state index is 14.2. The summed E-state index contributed by atoms with van der Waals surface area (Å²) in [4.78, 5) is 16.4. The smallest absolute Gasteiger partial charge is 0.231 e. The van der Waals surface area contributed by atoms with Crippen LogP contribution in [0.4, 0.5) is 8.78 Å². The molecule has 3 rings (SSSR count). The average Bonchev–Trinajstić information content (AvgIpc) is 2.58. The summed E-state index contributed by atoms with van der Waals surface area (Å²) in [6.07, 6.45) is 0. The Morgan fingerprint density at radius 2 is 1.60 bits per heavy atom. The third kappa shape index (κ3) is 3.26. The number of aromatic nitrogens is 1. The summed E-state index contributed by atoms with van der Waals surface area (Å²) >= 11 is 0. The van der Waals surface area contributed by atoms with Crippen molar-refractivity contribution < 1.29 is 13.6 Å². The molecule has 126 valence electrons. The number of hydrogen-bond donors (Lipinski definition) is 1. The first-order valence-corrected chi connectivity index (χ1v) is 7.75. The van der Waals surface area contributed by atoms with Gasteiger partial charge < -0.3 is 5.73 Å². The van der Waals surface area contributed by atoms with Crippen molar-refractivity contribution in [2.75, 3.05) is 0 Å². The van der Waals surface area contributed by atoms with Crippen LogP contribution < -0.4 is 5.73 Å². The molecule has 1 unspecified atom stereocenters. The Hall–Kier alpha value is -3.08. The van der Waals surface area contributed by atoms with E-state index in [1.54, 1.807) is 18.2 Å². The molecule has 2 aromatic carbocycles. The SMILES string of the molecule is Cc1ccccc1-c1cccc(C(C(N)=O)c2c(F)cccc2F)n1. The molecule has 0 bridgehead atoms. The monoisotopic (exact) mass is 338 g/mol. The van der Waals surface area contributed by atoms with Gasteiger partial charge in [-0.1, -0.05) is 36.4 Å². The van der Waals surface area contributed by atoms with Crippen LogP contribution in [0.5, 0.6) is 0 Å². The maximum Gasteiger partial charge on any atom is 0.231 e. The zero-order chi connectivity index (χ0) is 18.0. The molecule has 0 aliphatic carbocycles. The van der Waals surface area contributed by atoms with Gasteiger partial charge in [0.1, 0.15) is 17.6 Å². The van der Waals surface area contributed by atoms with Crippen LogP contribution in [0.15, 0.2) is 60.7 Å². The van der Waals surface area contributed by atoms with Crippen molar-refractivity contribution >= 4 is 5.91 Å². The highest BCUT2D eigenvalue weighted by atomic mass is 19.1. The molecule has 0 saturated heterocycles. The second-order valence-corrected chi connectivity index (χ2v) is 5.73. The number of pyridine rings is 1. The van der Waals surface area contributed by atoms with E-state index in [4.69, 9.17) is 5.73 Å². The van der Waals surface area contributed by atoms with E-state index in [0.29, 0.717) is 5.69 Å². The molecule has 0 radical (unpaired) electrons.